The van der Waals surface area contributed by atoms with E-state index in [-0.39, 0.29) is 5.41 Å². The topological polar surface area (TPSA) is 55.8 Å². The second kappa shape index (κ2) is 7.04. The molecule has 0 radical (unpaired) electrons. The lowest BCUT2D eigenvalue weighted by molar-refractivity contribution is -0.129. The lowest BCUT2D eigenvalue weighted by Gasteiger charge is -2.48. The number of hydrogen-bond donors (Lipinski definition) is 1. The van der Waals surface area contributed by atoms with Crippen LogP contribution >= 0.6 is 0 Å². The van der Waals surface area contributed by atoms with Crippen LogP contribution in [-0.4, -0.2) is 25.1 Å². The minimum absolute atomic E-state index is 0.113. The maximum absolute atomic E-state index is 12.6. The monoisotopic (exact) mass is 406 g/mol. The minimum atomic E-state index is -0.113. The molecule has 5 rings (SSSR count). The van der Waals surface area contributed by atoms with Crippen LogP contribution < -0.4 is 9.47 Å². The molecule has 3 aliphatic carbocycles. The second-order valence-electron chi connectivity index (χ2n) is 9.50. The van der Waals surface area contributed by atoms with Crippen molar-refractivity contribution in [3.8, 4) is 28.4 Å². The molecule has 2 saturated carbocycles. The highest BCUT2D eigenvalue weighted by atomic mass is 16.5. The zero-order chi connectivity index (χ0) is 21.0. The molecule has 0 aromatic heterocycles. The highest BCUT2D eigenvalue weighted by Gasteiger charge is 2.54. The minimum Gasteiger partial charge on any atom is -0.507 e. The van der Waals surface area contributed by atoms with Gasteiger partial charge in [-0.25, -0.2) is 0 Å². The summed E-state index contributed by atoms with van der Waals surface area (Å²) in [7, 11) is 3.27. The average molecular weight is 407 g/mol. The number of phenolic OH excluding ortho intramolecular Hbond substituents is 1. The van der Waals surface area contributed by atoms with Gasteiger partial charge in [0.15, 0.2) is 0 Å². The SMILES string of the molecule is COc1cc(OC)cc(-c2cc3c(cc2O)CC[C@@H]2[C@@H]3CC[C@]3(C)C(=O)CC[C@@H]23)c1. The van der Waals surface area contributed by atoms with Crippen LogP contribution in [-0.2, 0) is 11.2 Å². The Hall–Kier alpha value is -2.49. The van der Waals surface area contributed by atoms with Crippen molar-refractivity contribution in [2.75, 3.05) is 14.2 Å². The predicted molar refractivity (Wildman–Crippen MR) is 116 cm³/mol. The number of aryl methyl sites for hydroxylation is 1. The van der Waals surface area contributed by atoms with Crippen LogP contribution in [0.2, 0.25) is 0 Å². The number of aromatic hydroxyl groups is 1. The first-order valence-electron chi connectivity index (χ1n) is 11.1. The van der Waals surface area contributed by atoms with Crippen LogP contribution in [0.5, 0.6) is 17.2 Å². The zero-order valence-corrected chi connectivity index (χ0v) is 18.0. The molecule has 0 bridgehead atoms. The number of hydrogen-bond acceptors (Lipinski definition) is 4. The van der Waals surface area contributed by atoms with E-state index in [2.05, 4.69) is 13.0 Å². The van der Waals surface area contributed by atoms with E-state index in [0.29, 0.717) is 40.8 Å². The Morgan fingerprint density at radius 2 is 1.70 bits per heavy atom. The van der Waals surface area contributed by atoms with Crippen molar-refractivity contribution < 1.29 is 19.4 Å². The molecule has 0 heterocycles. The van der Waals surface area contributed by atoms with Crippen molar-refractivity contribution in [3.63, 3.8) is 0 Å². The molecule has 30 heavy (non-hydrogen) atoms. The van der Waals surface area contributed by atoms with E-state index in [0.717, 1.165) is 49.7 Å². The summed E-state index contributed by atoms with van der Waals surface area (Å²) in [6, 6.07) is 9.87. The van der Waals surface area contributed by atoms with Gasteiger partial charge in [-0.15, -0.1) is 0 Å². The van der Waals surface area contributed by atoms with Crippen molar-refractivity contribution in [3.05, 3.63) is 41.5 Å². The normalized spacial score (nSPS) is 29.7. The number of Topliss-reactive ketones (excluding diaryl/α,β-unsaturated/α-hetero) is 1. The molecule has 4 nitrogen and oxygen atoms in total. The van der Waals surface area contributed by atoms with Crippen LogP contribution in [0.15, 0.2) is 30.3 Å². The molecular formula is C26H30O4. The molecule has 0 aliphatic heterocycles. The molecule has 0 saturated heterocycles. The van der Waals surface area contributed by atoms with Gasteiger partial charge in [-0.1, -0.05) is 6.92 Å². The lowest BCUT2D eigenvalue weighted by atomic mass is 9.55. The molecule has 0 spiro atoms. The van der Waals surface area contributed by atoms with E-state index in [1.54, 1.807) is 14.2 Å². The van der Waals surface area contributed by atoms with Crippen molar-refractivity contribution in [1.82, 2.24) is 0 Å². The standard InChI is InChI=1S/C26H30O4/c1-26-9-8-19-20(23(26)6-7-25(26)28)5-4-15-12-24(27)22(14-21(15)19)16-10-17(29-2)13-18(11-16)30-3/h10-14,19-20,23,27H,4-9H2,1-3H3/t19-,20+,23-,26-/m0/s1. The van der Waals surface area contributed by atoms with Gasteiger partial charge in [0.1, 0.15) is 23.0 Å². The van der Waals surface area contributed by atoms with Crippen molar-refractivity contribution >= 4 is 5.78 Å². The van der Waals surface area contributed by atoms with E-state index < -0.39 is 0 Å². The highest BCUT2D eigenvalue weighted by molar-refractivity contribution is 5.87. The van der Waals surface area contributed by atoms with E-state index in [1.807, 2.05) is 24.3 Å². The molecular weight excluding hydrogens is 376 g/mol. The van der Waals surface area contributed by atoms with Gasteiger partial charge in [-0.2, -0.15) is 0 Å². The lowest BCUT2D eigenvalue weighted by Crippen LogP contribution is -2.42. The fraction of sp³-hybridized carbons (Fsp3) is 0.500. The Morgan fingerprint density at radius 3 is 2.40 bits per heavy atom. The number of ketones is 1. The molecule has 4 atom stereocenters. The summed E-state index contributed by atoms with van der Waals surface area (Å²) < 4.78 is 10.9. The molecule has 4 heteroatoms. The molecule has 2 fully saturated rings. The van der Waals surface area contributed by atoms with Gasteiger partial charge in [0.25, 0.3) is 0 Å². The van der Waals surface area contributed by atoms with E-state index in [9.17, 15) is 9.90 Å². The Labute approximate surface area is 178 Å². The molecule has 2 aromatic carbocycles. The summed E-state index contributed by atoms with van der Waals surface area (Å²) in [5.41, 5.74) is 4.23. The number of carbonyl (C=O) groups excluding carboxylic acids is 1. The molecule has 0 amide bonds. The first-order valence-corrected chi connectivity index (χ1v) is 11.1. The summed E-state index contributed by atoms with van der Waals surface area (Å²) in [6.45, 7) is 2.21. The highest BCUT2D eigenvalue weighted by Crippen LogP contribution is 2.60. The Balaban J connectivity index is 1.57. The van der Waals surface area contributed by atoms with Gasteiger partial charge in [0, 0.05) is 23.5 Å². The van der Waals surface area contributed by atoms with Crippen molar-refractivity contribution in [1.29, 1.82) is 0 Å². The Morgan fingerprint density at radius 1 is 0.967 bits per heavy atom. The van der Waals surface area contributed by atoms with Gasteiger partial charge in [0.2, 0.25) is 0 Å². The molecule has 2 aromatic rings. The van der Waals surface area contributed by atoms with Gasteiger partial charge >= 0.3 is 0 Å². The fourth-order valence-electron chi connectivity index (χ4n) is 6.57. The largest absolute Gasteiger partial charge is 0.507 e. The fourth-order valence-corrected chi connectivity index (χ4v) is 6.57. The first-order chi connectivity index (χ1) is 14.4. The van der Waals surface area contributed by atoms with Crippen molar-refractivity contribution in [2.45, 2.75) is 51.4 Å². The maximum Gasteiger partial charge on any atom is 0.139 e. The predicted octanol–water partition coefficient (Wildman–Crippen LogP) is 5.50. The van der Waals surface area contributed by atoms with Crippen LogP contribution in [0.25, 0.3) is 11.1 Å². The number of benzene rings is 2. The number of rotatable bonds is 3. The molecule has 0 unspecified atom stereocenters. The van der Waals surface area contributed by atoms with Crippen LogP contribution in [0.3, 0.4) is 0 Å². The summed E-state index contributed by atoms with van der Waals surface area (Å²) >= 11 is 0. The summed E-state index contributed by atoms with van der Waals surface area (Å²) in [5.74, 6) is 3.75. The maximum atomic E-state index is 12.6. The smallest absolute Gasteiger partial charge is 0.139 e. The third kappa shape index (κ3) is 2.84. The van der Waals surface area contributed by atoms with Gasteiger partial charge in [-0.3, -0.25) is 4.79 Å². The molecule has 1 N–H and O–H groups in total. The average Bonchev–Trinajstić information content (AvgIpc) is 3.07. The number of fused-ring (bicyclic) bond motifs is 5. The Kier molecular flexibility index (Phi) is 4.57. The molecule has 158 valence electrons. The summed E-state index contributed by atoms with van der Waals surface area (Å²) in [5, 5.41) is 10.8. The first kappa shape index (κ1) is 19.5. The van der Waals surface area contributed by atoms with Gasteiger partial charge in [0.05, 0.1) is 14.2 Å². The molecule has 3 aliphatic rings. The van der Waals surface area contributed by atoms with Crippen LogP contribution in [0.4, 0.5) is 0 Å². The second-order valence-corrected chi connectivity index (χ2v) is 9.50. The zero-order valence-electron chi connectivity index (χ0n) is 18.0. The number of methoxy groups -OCH3 is 2. The van der Waals surface area contributed by atoms with E-state index in [1.165, 1.54) is 11.1 Å². The van der Waals surface area contributed by atoms with E-state index in [4.69, 9.17) is 9.47 Å². The van der Waals surface area contributed by atoms with Gasteiger partial charge < -0.3 is 14.6 Å². The third-order valence-corrected chi connectivity index (χ3v) is 8.21. The Bertz CT molecular complexity index is 988. The third-order valence-electron chi connectivity index (χ3n) is 8.21. The quantitative estimate of drug-likeness (QED) is 0.731. The number of ether oxygens (including phenoxy) is 2. The summed E-state index contributed by atoms with van der Waals surface area (Å²) in [4.78, 5) is 12.6. The summed E-state index contributed by atoms with van der Waals surface area (Å²) in [6.07, 6.45) is 5.94. The number of carbonyl (C=O) groups is 1. The number of phenols is 1. The van der Waals surface area contributed by atoms with Crippen molar-refractivity contribution in [2.24, 2.45) is 17.3 Å². The van der Waals surface area contributed by atoms with Crippen LogP contribution in [0.1, 0.15) is 56.1 Å². The van der Waals surface area contributed by atoms with E-state index >= 15 is 0 Å². The van der Waals surface area contributed by atoms with Crippen LogP contribution in [0, 0.1) is 17.3 Å². The van der Waals surface area contributed by atoms with Gasteiger partial charge in [-0.05, 0) is 90.8 Å².